The van der Waals surface area contributed by atoms with Crippen LogP contribution in [-0.2, 0) is 16.1 Å². The van der Waals surface area contributed by atoms with Crippen LogP contribution in [0.3, 0.4) is 0 Å². The molecule has 0 aliphatic rings. The summed E-state index contributed by atoms with van der Waals surface area (Å²) in [5, 5.41) is 10.1. The van der Waals surface area contributed by atoms with Gasteiger partial charge in [0.1, 0.15) is 5.52 Å². The van der Waals surface area contributed by atoms with Crippen LogP contribution in [0.4, 0.5) is 0 Å². The zero-order chi connectivity index (χ0) is 15.2. The first-order valence-corrected chi connectivity index (χ1v) is 7.98. The van der Waals surface area contributed by atoms with Crippen LogP contribution in [0.5, 0.6) is 0 Å². The minimum atomic E-state index is -0.857. The van der Waals surface area contributed by atoms with Gasteiger partial charge >= 0.3 is 5.97 Å². The third-order valence-electron chi connectivity index (χ3n) is 3.00. The number of aromatic nitrogens is 2. The van der Waals surface area contributed by atoms with Gasteiger partial charge in [0.15, 0.2) is 5.16 Å². The summed E-state index contributed by atoms with van der Waals surface area (Å²) in [5.41, 5.74) is 1.66. The van der Waals surface area contributed by atoms with Crippen LogP contribution < -0.4 is 0 Å². The molecule has 0 atom stereocenters. The fourth-order valence-corrected chi connectivity index (χ4v) is 3.03. The lowest BCUT2D eigenvalue weighted by Crippen LogP contribution is -2.04. The maximum absolute atomic E-state index is 10.8. The number of ether oxygens (including phenoxy) is 1. The molecular formula is C14H17ClN2O3S. The highest BCUT2D eigenvalue weighted by Crippen LogP contribution is 2.29. The van der Waals surface area contributed by atoms with Crippen molar-refractivity contribution in [3.63, 3.8) is 0 Å². The summed E-state index contributed by atoms with van der Waals surface area (Å²) in [6.45, 7) is 1.48. The highest BCUT2D eigenvalue weighted by Gasteiger charge is 2.14. The van der Waals surface area contributed by atoms with Crippen molar-refractivity contribution in [2.45, 2.75) is 24.5 Å². The van der Waals surface area contributed by atoms with Gasteiger partial charge in [-0.15, -0.1) is 0 Å². The Labute approximate surface area is 132 Å². The second-order valence-electron chi connectivity index (χ2n) is 4.54. The first-order chi connectivity index (χ1) is 10.1. The van der Waals surface area contributed by atoms with E-state index in [4.69, 9.17) is 21.4 Å². The Bertz CT molecular complexity index is 630. The van der Waals surface area contributed by atoms with Crippen LogP contribution in [0, 0.1) is 0 Å². The number of carboxylic acids is 1. The molecule has 0 aliphatic heterocycles. The molecule has 0 bridgehead atoms. The monoisotopic (exact) mass is 328 g/mol. The maximum atomic E-state index is 10.8. The molecule has 0 aliphatic carbocycles. The van der Waals surface area contributed by atoms with Crippen LogP contribution in [0.25, 0.3) is 11.0 Å². The number of hydrogen-bond acceptors (Lipinski definition) is 4. The summed E-state index contributed by atoms with van der Waals surface area (Å²) in [5.74, 6) is -0.872. The third kappa shape index (κ3) is 4.12. The predicted molar refractivity (Wildman–Crippen MR) is 84.2 cm³/mol. The number of aryl methyl sites for hydroxylation is 1. The number of halogens is 1. The van der Waals surface area contributed by atoms with Gasteiger partial charge in [-0.05, 0) is 25.0 Å². The average molecular weight is 329 g/mol. The van der Waals surface area contributed by atoms with Gasteiger partial charge in [0.05, 0.1) is 16.3 Å². The number of fused-ring (bicyclic) bond motifs is 1. The van der Waals surface area contributed by atoms with E-state index in [0.717, 1.165) is 30.4 Å². The lowest BCUT2D eigenvalue weighted by atomic mass is 10.3. The second kappa shape index (κ2) is 7.68. The van der Waals surface area contributed by atoms with E-state index in [1.54, 1.807) is 13.2 Å². The van der Waals surface area contributed by atoms with Crippen LogP contribution >= 0.6 is 23.4 Å². The van der Waals surface area contributed by atoms with E-state index in [1.165, 1.54) is 11.8 Å². The van der Waals surface area contributed by atoms with Crippen molar-refractivity contribution in [3.8, 4) is 0 Å². The summed E-state index contributed by atoms with van der Waals surface area (Å²) in [4.78, 5) is 15.2. The number of nitrogens with zero attached hydrogens (tertiary/aromatic N) is 2. The van der Waals surface area contributed by atoms with Crippen molar-refractivity contribution >= 4 is 40.4 Å². The summed E-state index contributed by atoms with van der Waals surface area (Å²) in [6, 6.07) is 5.62. The highest BCUT2D eigenvalue weighted by atomic mass is 35.5. The number of thioether (sulfide) groups is 1. The van der Waals surface area contributed by atoms with Gasteiger partial charge < -0.3 is 14.4 Å². The van der Waals surface area contributed by atoms with Crippen LogP contribution in [0.15, 0.2) is 23.4 Å². The molecule has 2 rings (SSSR count). The molecular weight excluding hydrogens is 312 g/mol. The van der Waals surface area contributed by atoms with E-state index in [9.17, 15) is 4.79 Å². The summed E-state index contributed by atoms with van der Waals surface area (Å²) < 4.78 is 7.08. The van der Waals surface area contributed by atoms with Gasteiger partial charge in [-0.2, -0.15) is 0 Å². The molecule has 7 heteroatoms. The van der Waals surface area contributed by atoms with Crippen LogP contribution in [0.2, 0.25) is 5.02 Å². The van der Waals surface area contributed by atoms with Gasteiger partial charge in [-0.3, -0.25) is 4.79 Å². The zero-order valence-electron chi connectivity index (χ0n) is 11.7. The molecule has 0 spiro atoms. The molecule has 114 valence electrons. The molecule has 0 fully saturated rings. The Morgan fingerprint density at radius 1 is 1.48 bits per heavy atom. The number of unbranched alkanes of at least 4 members (excludes halogenated alkanes) is 1. The molecule has 0 unspecified atom stereocenters. The van der Waals surface area contributed by atoms with Crippen molar-refractivity contribution in [1.82, 2.24) is 9.55 Å². The largest absolute Gasteiger partial charge is 0.481 e. The van der Waals surface area contributed by atoms with Gasteiger partial charge in [0.2, 0.25) is 0 Å². The van der Waals surface area contributed by atoms with Crippen molar-refractivity contribution in [2.24, 2.45) is 0 Å². The minimum Gasteiger partial charge on any atom is -0.481 e. The molecule has 1 aromatic heterocycles. The molecule has 2 aromatic rings. The summed E-state index contributed by atoms with van der Waals surface area (Å²) in [7, 11) is 1.68. The van der Waals surface area contributed by atoms with E-state index in [1.807, 2.05) is 16.7 Å². The van der Waals surface area contributed by atoms with E-state index in [0.29, 0.717) is 16.8 Å². The SMILES string of the molecule is COCCCCn1c(SCC(=O)O)nc2c(Cl)cccc21. The number of carbonyl (C=O) groups is 1. The Balaban J connectivity index is 2.26. The molecule has 0 radical (unpaired) electrons. The molecule has 0 saturated carbocycles. The van der Waals surface area contributed by atoms with E-state index >= 15 is 0 Å². The highest BCUT2D eigenvalue weighted by molar-refractivity contribution is 7.99. The van der Waals surface area contributed by atoms with Gasteiger partial charge in [-0.1, -0.05) is 29.4 Å². The number of benzene rings is 1. The predicted octanol–water partition coefficient (Wildman–Crippen LogP) is 3.29. The molecule has 1 N–H and O–H groups in total. The van der Waals surface area contributed by atoms with Crippen LogP contribution in [-0.4, -0.2) is 40.1 Å². The topological polar surface area (TPSA) is 64.3 Å². The van der Waals surface area contributed by atoms with Crippen molar-refractivity contribution in [3.05, 3.63) is 23.2 Å². The Kier molecular flexibility index (Phi) is 5.90. The summed E-state index contributed by atoms with van der Waals surface area (Å²) in [6.07, 6.45) is 1.88. The number of carboxylic acid groups (broad SMARTS) is 1. The molecule has 1 heterocycles. The molecule has 0 saturated heterocycles. The fourth-order valence-electron chi connectivity index (χ4n) is 2.06. The number of imidazole rings is 1. The smallest absolute Gasteiger partial charge is 0.313 e. The zero-order valence-corrected chi connectivity index (χ0v) is 13.3. The maximum Gasteiger partial charge on any atom is 0.313 e. The van der Waals surface area contributed by atoms with Gasteiger partial charge in [-0.25, -0.2) is 4.98 Å². The van der Waals surface area contributed by atoms with Crippen molar-refractivity contribution in [2.75, 3.05) is 19.5 Å². The minimum absolute atomic E-state index is 0.0149. The lowest BCUT2D eigenvalue weighted by Gasteiger charge is -2.08. The standard InChI is InChI=1S/C14H17ClN2O3S/c1-20-8-3-2-7-17-11-6-4-5-10(15)13(11)16-14(17)21-9-12(18)19/h4-6H,2-3,7-9H2,1H3,(H,18,19). The number of methoxy groups -OCH3 is 1. The molecule has 1 aromatic carbocycles. The fraction of sp³-hybridized carbons (Fsp3) is 0.429. The second-order valence-corrected chi connectivity index (χ2v) is 5.89. The van der Waals surface area contributed by atoms with E-state index < -0.39 is 5.97 Å². The van der Waals surface area contributed by atoms with Crippen molar-refractivity contribution < 1.29 is 14.6 Å². The Morgan fingerprint density at radius 2 is 2.29 bits per heavy atom. The molecule has 21 heavy (non-hydrogen) atoms. The van der Waals surface area contributed by atoms with Crippen molar-refractivity contribution in [1.29, 1.82) is 0 Å². The van der Waals surface area contributed by atoms with E-state index in [-0.39, 0.29) is 5.75 Å². The van der Waals surface area contributed by atoms with Gasteiger partial charge in [0, 0.05) is 20.3 Å². The quantitative estimate of drug-likeness (QED) is 0.595. The lowest BCUT2D eigenvalue weighted by molar-refractivity contribution is -0.133. The Morgan fingerprint density at radius 3 is 3.00 bits per heavy atom. The normalized spacial score (nSPS) is 11.1. The molecule has 5 nitrogen and oxygen atoms in total. The number of hydrogen-bond donors (Lipinski definition) is 1. The van der Waals surface area contributed by atoms with Gasteiger partial charge in [0.25, 0.3) is 0 Å². The van der Waals surface area contributed by atoms with Crippen LogP contribution in [0.1, 0.15) is 12.8 Å². The number of rotatable bonds is 8. The van der Waals surface area contributed by atoms with E-state index in [2.05, 4.69) is 4.98 Å². The Hall–Kier alpha value is -1.24. The third-order valence-corrected chi connectivity index (χ3v) is 4.27. The summed E-state index contributed by atoms with van der Waals surface area (Å²) >= 11 is 7.38. The average Bonchev–Trinajstić information content (AvgIpc) is 2.81. The first-order valence-electron chi connectivity index (χ1n) is 6.61. The number of aliphatic carboxylic acids is 1. The molecule has 0 amide bonds. The number of para-hydroxylation sites is 1. The first kappa shape index (κ1) is 16.1.